The van der Waals surface area contributed by atoms with Gasteiger partial charge < -0.3 is 10.6 Å². The van der Waals surface area contributed by atoms with E-state index in [9.17, 15) is 9.59 Å². The topological polar surface area (TPSA) is 99.8 Å². The van der Waals surface area contributed by atoms with Gasteiger partial charge >= 0.3 is 0 Å². The molecule has 0 bridgehead atoms. The summed E-state index contributed by atoms with van der Waals surface area (Å²) in [5.74, 6) is 0.0558. The minimum absolute atomic E-state index is 0.0501. The van der Waals surface area contributed by atoms with E-state index in [4.69, 9.17) is 0 Å². The molecule has 0 atom stereocenters. The molecule has 1 aromatic heterocycles. The fraction of sp³-hybridized carbons (Fsp3) is 0.636. The summed E-state index contributed by atoms with van der Waals surface area (Å²) < 4.78 is 0. The van der Waals surface area contributed by atoms with E-state index in [1.54, 1.807) is 0 Å². The van der Waals surface area contributed by atoms with Gasteiger partial charge in [-0.05, 0) is 20.3 Å². The molecule has 0 radical (unpaired) electrons. The number of aromatic amines is 1. The van der Waals surface area contributed by atoms with E-state index in [1.807, 2.05) is 20.8 Å². The van der Waals surface area contributed by atoms with Gasteiger partial charge in [0.25, 0.3) is 5.91 Å². The summed E-state index contributed by atoms with van der Waals surface area (Å²) in [7, 11) is 0. The maximum atomic E-state index is 11.6. The summed E-state index contributed by atoms with van der Waals surface area (Å²) in [5.41, 5.74) is 0. The van der Waals surface area contributed by atoms with E-state index >= 15 is 0 Å². The Hall–Kier alpha value is -1.92. The zero-order chi connectivity index (χ0) is 13.5. The minimum Gasteiger partial charge on any atom is -0.352 e. The van der Waals surface area contributed by atoms with E-state index in [1.165, 1.54) is 0 Å². The van der Waals surface area contributed by atoms with E-state index in [-0.39, 0.29) is 24.3 Å². The molecule has 0 unspecified atom stereocenters. The van der Waals surface area contributed by atoms with Crippen molar-refractivity contribution in [3.05, 3.63) is 11.6 Å². The van der Waals surface area contributed by atoms with Gasteiger partial charge in [-0.3, -0.25) is 14.7 Å². The number of hydrogen-bond acceptors (Lipinski definition) is 4. The average Bonchev–Trinajstić information content (AvgIpc) is 2.74. The molecule has 3 N–H and O–H groups in total. The van der Waals surface area contributed by atoms with Crippen LogP contribution in [-0.2, 0) is 11.2 Å². The summed E-state index contributed by atoms with van der Waals surface area (Å²) in [4.78, 5) is 27.0. The number of rotatable bonds is 6. The van der Waals surface area contributed by atoms with Crippen molar-refractivity contribution < 1.29 is 9.59 Å². The highest BCUT2D eigenvalue weighted by atomic mass is 16.2. The predicted octanol–water partition coefficient (Wildman–Crippen LogP) is 0.0116. The van der Waals surface area contributed by atoms with E-state index in [0.717, 1.165) is 12.8 Å². The Balaban J connectivity index is 2.42. The van der Waals surface area contributed by atoms with Gasteiger partial charge in [-0.15, -0.1) is 5.10 Å². The first kappa shape index (κ1) is 14.1. The Morgan fingerprint density at radius 2 is 2.11 bits per heavy atom. The summed E-state index contributed by atoms with van der Waals surface area (Å²) in [5, 5.41) is 11.6. The van der Waals surface area contributed by atoms with Gasteiger partial charge in [0, 0.05) is 12.5 Å². The highest BCUT2D eigenvalue weighted by Crippen LogP contribution is 1.96. The van der Waals surface area contributed by atoms with Crippen LogP contribution in [0.1, 0.15) is 43.6 Å². The molecule has 1 heterocycles. The normalized spacial score (nSPS) is 10.4. The molecule has 0 aromatic carbocycles. The van der Waals surface area contributed by atoms with Crippen LogP contribution in [0.25, 0.3) is 0 Å². The van der Waals surface area contributed by atoms with Gasteiger partial charge in [0.2, 0.25) is 11.7 Å². The van der Waals surface area contributed by atoms with Crippen molar-refractivity contribution in [3.63, 3.8) is 0 Å². The third kappa shape index (κ3) is 4.52. The van der Waals surface area contributed by atoms with Gasteiger partial charge in [-0.25, -0.2) is 4.98 Å². The molecule has 0 aliphatic heterocycles. The van der Waals surface area contributed by atoms with Crippen LogP contribution < -0.4 is 10.6 Å². The van der Waals surface area contributed by atoms with Gasteiger partial charge in [0.1, 0.15) is 5.82 Å². The lowest BCUT2D eigenvalue weighted by atomic mass is 10.3. The standard InChI is InChI=1S/C11H19N5O2/c1-4-5-8-14-10(16-15-8)11(18)12-6-9(17)13-7(2)3/h7H,4-6H2,1-3H3,(H,12,18)(H,13,17)(H,14,15,16). The Bertz CT molecular complexity index is 413. The van der Waals surface area contributed by atoms with Crippen LogP contribution in [0.15, 0.2) is 0 Å². The third-order valence-corrected chi connectivity index (χ3v) is 2.08. The quantitative estimate of drug-likeness (QED) is 0.665. The SMILES string of the molecule is CCCc1nc(C(=O)NCC(=O)NC(C)C)n[nH]1. The molecule has 0 spiro atoms. The number of nitrogens with one attached hydrogen (secondary N) is 3. The van der Waals surface area contributed by atoms with Gasteiger partial charge in [0.15, 0.2) is 0 Å². The molecule has 2 amide bonds. The monoisotopic (exact) mass is 253 g/mol. The Kier molecular flexibility index (Phi) is 5.29. The van der Waals surface area contributed by atoms with Crippen LogP contribution in [0.2, 0.25) is 0 Å². The first-order valence-corrected chi connectivity index (χ1v) is 6.01. The lowest BCUT2D eigenvalue weighted by Crippen LogP contribution is -2.40. The largest absolute Gasteiger partial charge is 0.352 e. The summed E-state index contributed by atoms with van der Waals surface area (Å²) in [6.07, 6.45) is 1.67. The Morgan fingerprint density at radius 3 is 2.72 bits per heavy atom. The van der Waals surface area contributed by atoms with Gasteiger partial charge in [-0.2, -0.15) is 0 Å². The number of aryl methyl sites for hydroxylation is 1. The highest BCUT2D eigenvalue weighted by Gasteiger charge is 2.13. The predicted molar refractivity (Wildman–Crippen MR) is 66.0 cm³/mol. The minimum atomic E-state index is -0.451. The Labute approximate surface area is 106 Å². The van der Waals surface area contributed by atoms with Crippen molar-refractivity contribution in [1.29, 1.82) is 0 Å². The molecule has 0 aliphatic carbocycles. The summed E-state index contributed by atoms with van der Waals surface area (Å²) in [6, 6.07) is 0.0501. The average molecular weight is 253 g/mol. The molecule has 7 nitrogen and oxygen atoms in total. The fourth-order valence-corrected chi connectivity index (χ4v) is 1.36. The molecule has 0 aliphatic rings. The van der Waals surface area contributed by atoms with Crippen molar-refractivity contribution in [2.24, 2.45) is 0 Å². The van der Waals surface area contributed by atoms with E-state index in [0.29, 0.717) is 5.82 Å². The maximum Gasteiger partial charge on any atom is 0.291 e. The second kappa shape index (κ2) is 6.73. The number of carbonyl (C=O) groups is 2. The molecule has 0 saturated carbocycles. The zero-order valence-electron chi connectivity index (χ0n) is 10.9. The Morgan fingerprint density at radius 1 is 1.39 bits per heavy atom. The molecule has 1 rings (SSSR count). The fourth-order valence-electron chi connectivity index (χ4n) is 1.36. The van der Waals surface area contributed by atoms with Crippen molar-refractivity contribution in [1.82, 2.24) is 25.8 Å². The van der Waals surface area contributed by atoms with Crippen LogP contribution in [-0.4, -0.2) is 39.6 Å². The van der Waals surface area contributed by atoms with E-state index in [2.05, 4.69) is 25.8 Å². The molecule has 18 heavy (non-hydrogen) atoms. The molecular weight excluding hydrogens is 234 g/mol. The van der Waals surface area contributed by atoms with Gasteiger partial charge in [0.05, 0.1) is 6.54 Å². The van der Waals surface area contributed by atoms with Crippen LogP contribution in [0, 0.1) is 0 Å². The third-order valence-electron chi connectivity index (χ3n) is 2.08. The van der Waals surface area contributed by atoms with E-state index < -0.39 is 5.91 Å². The molecule has 0 fully saturated rings. The van der Waals surface area contributed by atoms with Crippen molar-refractivity contribution in [3.8, 4) is 0 Å². The lowest BCUT2D eigenvalue weighted by Gasteiger charge is -2.08. The number of H-pyrrole nitrogens is 1. The number of carbonyl (C=O) groups excluding carboxylic acids is 2. The molecule has 100 valence electrons. The first-order chi connectivity index (χ1) is 8.52. The van der Waals surface area contributed by atoms with Crippen LogP contribution in [0.3, 0.4) is 0 Å². The van der Waals surface area contributed by atoms with Crippen LogP contribution in [0.4, 0.5) is 0 Å². The lowest BCUT2D eigenvalue weighted by molar-refractivity contribution is -0.120. The number of nitrogens with zero attached hydrogens (tertiary/aromatic N) is 2. The number of aromatic nitrogens is 3. The van der Waals surface area contributed by atoms with Crippen molar-refractivity contribution >= 4 is 11.8 Å². The summed E-state index contributed by atoms with van der Waals surface area (Å²) >= 11 is 0. The zero-order valence-corrected chi connectivity index (χ0v) is 10.9. The maximum absolute atomic E-state index is 11.6. The van der Waals surface area contributed by atoms with Crippen molar-refractivity contribution in [2.45, 2.75) is 39.7 Å². The number of hydrogen-bond donors (Lipinski definition) is 3. The summed E-state index contributed by atoms with van der Waals surface area (Å²) in [6.45, 7) is 5.64. The second-order valence-electron chi connectivity index (χ2n) is 4.26. The first-order valence-electron chi connectivity index (χ1n) is 6.01. The smallest absolute Gasteiger partial charge is 0.291 e. The highest BCUT2D eigenvalue weighted by molar-refractivity contribution is 5.93. The molecule has 1 aromatic rings. The second-order valence-corrected chi connectivity index (χ2v) is 4.26. The number of amides is 2. The molecular formula is C11H19N5O2. The molecule has 0 saturated heterocycles. The van der Waals surface area contributed by atoms with Crippen molar-refractivity contribution in [2.75, 3.05) is 6.54 Å². The van der Waals surface area contributed by atoms with Gasteiger partial charge in [-0.1, -0.05) is 6.92 Å². The van der Waals surface area contributed by atoms with Crippen LogP contribution in [0.5, 0.6) is 0 Å². The van der Waals surface area contributed by atoms with Crippen LogP contribution >= 0.6 is 0 Å². The molecule has 7 heteroatoms.